The summed E-state index contributed by atoms with van der Waals surface area (Å²) in [5, 5.41) is 9.15. The number of hydrogen-bond acceptors (Lipinski definition) is 3. The second kappa shape index (κ2) is 5.17. The van der Waals surface area contributed by atoms with Gasteiger partial charge in [-0.25, -0.2) is 9.78 Å². The number of nitrogens with zero attached hydrogens (tertiary/aromatic N) is 2. The van der Waals surface area contributed by atoms with Gasteiger partial charge < -0.3 is 10.0 Å². The zero-order valence-corrected chi connectivity index (χ0v) is 10.1. The summed E-state index contributed by atoms with van der Waals surface area (Å²) in [7, 11) is 0. The van der Waals surface area contributed by atoms with Gasteiger partial charge in [0, 0.05) is 19.3 Å². The highest BCUT2D eigenvalue weighted by Gasteiger charge is 2.23. The summed E-state index contributed by atoms with van der Waals surface area (Å²) in [5.41, 5.74) is 0.300. The summed E-state index contributed by atoms with van der Waals surface area (Å²) < 4.78 is 0. The monoisotopic (exact) mass is 234 g/mol. The van der Waals surface area contributed by atoms with Gasteiger partial charge in [-0.1, -0.05) is 6.42 Å². The summed E-state index contributed by atoms with van der Waals surface area (Å²) in [5.74, 6) is 0.410. The van der Waals surface area contributed by atoms with Crippen LogP contribution in [0.3, 0.4) is 0 Å². The Kier molecular flexibility index (Phi) is 3.61. The lowest BCUT2D eigenvalue weighted by atomic mass is 9.85. The first-order chi connectivity index (χ1) is 8.22. The highest BCUT2D eigenvalue weighted by Crippen LogP contribution is 2.29. The molecule has 0 spiro atoms. The number of carbonyl (C=O) groups is 1. The maximum atomic E-state index is 11.1. The van der Waals surface area contributed by atoms with Crippen LogP contribution in [0.25, 0.3) is 0 Å². The fraction of sp³-hybridized carbons (Fsp3) is 0.538. The van der Waals surface area contributed by atoms with E-state index in [0.29, 0.717) is 17.3 Å². The minimum Gasteiger partial charge on any atom is -0.478 e. The zero-order chi connectivity index (χ0) is 12.3. The molecule has 17 heavy (non-hydrogen) atoms. The molecule has 1 fully saturated rings. The van der Waals surface area contributed by atoms with Crippen molar-refractivity contribution in [1.29, 1.82) is 0 Å². The molecule has 1 saturated carbocycles. The quantitative estimate of drug-likeness (QED) is 0.850. The molecule has 1 aliphatic rings. The van der Waals surface area contributed by atoms with E-state index < -0.39 is 5.97 Å². The van der Waals surface area contributed by atoms with E-state index in [1.165, 1.54) is 19.3 Å². The van der Waals surface area contributed by atoms with Crippen molar-refractivity contribution in [1.82, 2.24) is 4.98 Å². The van der Waals surface area contributed by atoms with E-state index in [0.717, 1.165) is 13.1 Å². The van der Waals surface area contributed by atoms with Gasteiger partial charge in [0.25, 0.3) is 0 Å². The summed E-state index contributed by atoms with van der Waals surface area (Å²) in [6, 6.07) is 3.29. The Balaban J connectivity index is 2.19. The molecule has 1 N–H and O–H groups in total. The van der Waals surface area contributed by atoms with E-state index in [-0.39, 0.29) is 0 Å². The number of carboxylic acid groups (broad SMARTS) is 1. The van der Waals surface area contributed by atoms with Gasteiger partial charge >= 0.3 is 5.97 Å². The Hall–Kier alpha value is -1.58. The number of aromatic nitrogens is 1. The Morgan fingerprint density at radius 2 is 2.35 bits per heavy atom. The molecule has 0 aliphatic heterocycles. The van der Waals surface area contributed by atoms with Crippen LogP contribution in [-0.4, -0.2) is 29.1 Å². The molecule has 0 aromatic carbocycles. The minimum absolute atomic E-state index is 0.300. The molecular formula is C13H18N2O2. The van der Waals surface area contributed by atoms with Crippen LogP contribution in [0.15, 0.2) is 18.3 Å². The van der Waals surface area contributed by atoms with Crippen LogP contribution in [-0.2, 0) is 0 Å². The predicted molar refractivity (Wildman–Crippen MR) is 66.4 cm³/mol. The molecule has 1 aromatic rings. The fourth-order valence-corrected chi connectivity index (χ4v) is 2.17. The van der Waals surface area contributed by atoms with E-state index in [1.807, 2.05) is 6.92 Å². The van der Waals surface area contributed by atoms with Gasteiger partial charge in [0.05, 0.1) is 0 Å². The largest absolute Gasteiger partial charge is 0.478 e. The average molecular weight is 234 g/mol. The van der Waals surface area contributed by atoms with Crippen molar-refractivity contribution in [3.05, 3.63) is 23.9 Å². The molecular weight excluding hydrogens is 216 g/mol. The normalized spacial score (nSPS) is 15.4. The topological polar surface area (TPSA) is 53.4 Å². The number of anilines is 1. The van der Waals surface area contributed by atoms with Crippen LogP contribution >= 0.6 is 0 Å². The Bertz CT molecular complexity index is 402. The summed E-state index contributed by atoms with van der Waals surface area (Å²) in [6.07, 6.45) is 5.47. The van der Waals surface area contributed by atoms with E-state index >= 15 is 0 Å². The van der Waals surface area contributed by atoms with Gasteiger partial charge in [0.1, 0.15) is 11.4 Å². The van der Waals surface area contributed by atoms with E-state index in [4.69, 9.17) is 5.11 Å². The maximum Gasteiger partial charge on any atom is 0.339 e. The lowest BCUT2D eigenvalue weighted by Gasteiger charge is -2.32. The van der Waals surface area contributed by atoms with Gasteiger partial charge in [-0.15, -0.1) is 0 Å². The third-order valence-electron chi connectivity index (χ3n) is 3.40. The zero-order valence-electron chi connectivity index (χ0n) is 10.1. The Morgan fingerprint density at radius 3 is 2.88 bits per heavy atom. The number of pyridine rings is 1. The lowest BCUT2D eigenvalue weighted by molar-refractivity contribution is 0.0697. The van der Waals surface area contributed by atoms with Crippen LogP contribution in [0.4, 0.5) is 5.82 Å². The molecule has 0 bridgehead atoms. The predicted octanol–water partition coefficient (Wildman–Crippen LogP) is 2.41. The van der Waals surface area contributed by atoms with Crippen LogP contribution in [0.1, 0.15) is 36.5 Å². The molecule has 1 heterocycles. The van der Waals surface area contributed by atoms with Crippen molar-refractivity contribution in [3.8, 4) is 0 Å². The molecule has 0 atom stereocenters. The fourth-order valence-electron chi connectivity index (χ4n) is 2.17. The first kappa shape index (κ1) is 11.9. The van der Waals surface area contributed by atoms with Crippen LogP contribution < -0.4 is 4.90 Å². The van der Waals surface area contributed by atoms with Crippen LogP contribution in [0.5, 0.6) is 0 Å². The van der Waals surface area contributed by atoms with Crippen LogP contribution in [0.2, 0.25) is 0 Å². The highest BCUT2D eigenvalue weighted by molar-refractivity contribution is 5.93. The average Bonchev–Trinajstić information content (AvgIpc) is 2.28. The first-order valence-electron chi connectivity index (χ1n) is 6.15. The van der Waals surface area contributed by atoms with Crippen molar-refractivity contribution in [3.63, 3.8) is 0 Å². The Labute approximate surface area is 101 Å². The number of carboxylic acids is 1. The molecule has 0 unspecified atom stereocenters. The Morgan fingerprint density at radius 1 is 1.59 bits per heavy atom. The molecule has 0 amide bonds. The van der Waals surface area contributed by atoms with Crippen molar-refractivity contribution >= 4 is 11.8 Å². The summed E-state index contributed by atoms with van der Waals surface area (Å²) in [4.78, 5) is 17.4. The molecule has 0 radical (unpaired) electrons. The van der Waals surface area contributed by atoms with E-state index in [2.05, 4.69) is 9.88 Å². The third kappa shape index (κ3) is 2.57. The standard InChI is InChI=1S/C13H18N2O2/c1-2-15(9-10-5-3-6-10)12-11(13(16)17)7-4-8-14-12/h4,7-8,10H,2-3,5-6,9H2,1H3,(H,16,17). The van der Waals surface area contributed by atoms with E-state index in [1.54, 1.807) is 18.3 Å². The molecule has 1 aromatic heterocycles. The van der Waals surface area contributed by atoms with Gasteiger partial charge in [-0.05, 0) is 37.8 Å². The van der Waals surface area contributed by atoms with Crippen molar-refractivity contribution in [2.75, 3.05) is 18.0 Å². The molecule has 1 aliphatic carbocycles. The number of aromatic carboxylic acids is 1. The van der Waals surface area contributed by atoms with Crippen molar-refractivity contribution in [2.24, 2.45) is 5.92 Å². The maximum absolute atomic E-state index is 11.1. The van der Waals surface area contributed by atoms with E-state index in [9.17, 15) is 4.79 Å². The minimum atomic E-state index is -0.903. The summed E-state index contributed by atoms with van der Waals surface area (Å²) in [6.45, 7) is 3.76. The molecule has 4 nitrogen and oxygen atoms in total. The lowest BCUT2D eigenvalue weighted by Crippen LogP contribution is -2.34. The van der Waals surface area contributed by atoms with Crippen LogP contribution in [0, 0.1) is 5.92 Å². The smallest absolute Gasteiger partial charge is 0.339 e. The first-order valence-corrected chi connectivity index (χ1v) is 6.15. The molecule has 4 heteroatoms. The third-order valence-corrected chi connectivity index (χ3v) is 3.40. The van der Waals surface area contributed by atoms with Crippen molar-refractivity contribution < 1.29 is 9.90 Å². The molecule has 2 rings (SSSR count). The van der Waals surface area contributed by atoms with Gasteiger partial charge in [-0.2, -0.15) is 0 Å². The second-order valence-corrected chi connectivity index (χ2v) is 4.52. The van der Waals surface area contributed by atoms with Gasteiger partial charge in [0.15, 0.2) is 0 Å². The molecule has 92 valence electrons. The second-order valence-electron chi connectivity index (χ2n) is 4.52. The highest BCUT2D eigenvalue weighted by atomic mass is 16.4. The summed E-state index contributed by atoms with van der Waals surface area (Å²) >= 11 is 0. The SMILES string of the molecule is CCN(CC1CCC1)c1ncccc1C(=O)O. The molecule has 0 saturated heterocycles. The number of rotatable bonds is 5. The van der Waals surface area contributed by atoms with Crippen molar-refractivity contribution in [2.45, 2.75) is 26.2 Å². The van der Waals surface area contributed by atoms with Gasteiger partial charge in [0.2, 0.25) is 0 Å². The van der Waals surface area contributed by atoms with Gasteiger partial charge in [-0.3, -0.25) is 0 Å². The number of hydrogen-bond donors (Lipinski definition) is 1.